The fraction of sp³-hybridized carbons (Fsp3) is 0.786. The fourth-order valence-corrected chi connectivity index (χ4v) is 3.96. The van der Waals surface area contributed by atoms with Crippen molar-refractivity contribution in [3.63, 3.8) is 0 Å². The van der Waals surface area contributed by atoms with Crippen LogP contribution in [-0.4, -0.2) is 57.7 Å². The number of nitrogens with zero attached hydrogens (tertiary/aromatic N) is 3. The van der Waals surface area contributed by atoms with Crippen LogP contribution in [0.1, 0.15) is 6.42 Å². The van der Waals surface area contributed by atoms with Crippen molar-refractivity contribution in [2.24, 2.45) is 23.7 Å². The lowest BCUT2D eigenvalue weighted by Gasteiger charge is -2.20. The molecule has 5 heteroatoms. The Balaban J connectivity index is 1.57. The van der Waals surface area contributed by atoms with Gasteiger partial charge in [0.1, 0.15) is 0 Å². The van der Waals surface area contributed by atoms with Gasteiger partial charge in [-0.3, -0.25) is 4.68 Å². The highest BCUT2D eigenvalue weighted by Gasteiger charge is 2.47. The Bertz CT molecular complexity index is 377. The molecule has 2 N–H and O–H groups in total. The molecule has 2 heterocycles. The van der Waals surface area contributed by atoms with E-state index in [1.165, 1.54) is 0 Å². The summed E-state index contributed by atoms with van der Waals surface area (Å²) in [5.41, 5.74) is 0. The molecule has 1 aromatic rings. The van der Waals surface area contributed by atoms with Gasteiger partial charge in [0, 0.05) is 45.2 Å². The van der Waals surface area contributed by atoms with Crippen LogP contribution in [0.25, 0.3) is 0 Å². The molecule has 1 saturated heterocycles. The molecule has 0 unspecified atom stereocenters. The van der Waals surface area contributed by atoms with Crippen LogP contribution >= 0.6 is 0 Å². The monoisotopic (exact) mass is 265 g/mol. The maximum Gasteiger partial charge on any atom is 0.0536 e. The smallest absolute Gasteiger partial charge is 0.0536 e. The van der Waals surface area contributed by atoms with Gasteiger partial charge in [-0.2, -0.15) is 5.10 Å². The van der Waals surface area contributed by atoms with Crippen LogP contribution in [-0.2, 0) is 6.54 Å². The lowest BCUT2D eigenvalue weighted by molar-refractivity contribution is 0.167. The van der Waals surface area contributed by atoms with Gasteiger partial charge in [0.05, 0.1) is 6.54 Å². The van der Waals surface area contributed by atoms with E-state index in [1.54, 1.807) is 0 Å². The molecular formula is C14H23N3O2. The van der Waals surface area contributed by atoms with Crippen LogP contribution in [0.4, 0.5) is 0 Å². The molecule has 1 aromatic heterocycles. The first-order valence-electron chi connectivity index (χ1n) is 7.23. The molecule has 4 atom stereocenters. The number of fused-ring (bicyclic) bond motifs is 1. The minimum atomic E-state index is 0.269. The first-order chi connectivity index (χ1) is 9.31. The van der Waals surface area contributed by atoms with Gasteiger partial charge in [0.25, 0.3) is 0 Å². The molecule has 1 aliphatic heterocycles. The number of hydrogen-bond acceptors (Lipinski definition) is 4. The zero-order valence-electron chi connectivity index (χ0n) is 11.2. The standard InChI is InChI=1S/C14H23N3O2/c18-9-11-6-12(10-19)14-8-16(7-13(11)14)4-5-17-3-1-2-15-17/h1-3,11-14,18-19H,4-10H2/t11-,12+,13+,14-. The zero-order chi connectivity index (χ0) is 13.2. The molecule has 19 heavy (non-hydrogen) atoms. The highest BCUT2D eigenvalue weighted by atomic mass is 16.3. The molecule has 0 bridgehead atoms. The van der Waals surface area contributed by atoms with Crippen LogP contribution in [0.3, 0.4) is 0 Å². The highest BCUT2D eigenvalue weighted by Crippen LogP contribution is 2.45. The molecule has 2 fully saturated rings. The zero-order valence-corrected chi connectivity index (χ0v) is 11.2. The third-order valence-corrected chi connectivity index (χ3v) is 4.98. The van der Waals surface area contributed by atoms with Gasteiger partial charge in [-0.25, -0.2) is 0 Å². The average molecular weight is 265 g/mol. The van der Waals surface area contributed by atoms with Crippen LogP contribution in [0.15, 0.2) is 18.5 Å². The van der Waals surface area contributed by atoms with E-state index in [0.29, 0.717) is 23.7 Å². The molecule has 5 nitrogen and oxygen atoms in total. The summed E-state index contributed by atoms with van der Waals surface area (Å²) in [5.74, 6) is 1.91. The predicted octanol–water partition coefficient (Wildman–Crippen LogP) is 0.0518. The normalized spacial score (nSPS) is 34.8. The van der Waals surface area contributed by atoms with Gasteiger partial charge in [-0.05, 0) is 36.2 Å². The topological polar surface area (TPSA) is 61.5 Å². The third kappa shape index (κ3) is 2.55. The van der Waals surface area contributed by atoms with E-state index in [0.717, 1.165) is 32.6 Å². The van der Waals surface area contributed by atoms with E-state index in [-0.39, 0.29) is 13.2 Å². The summed E-state index contributed by atoms with van der Waals surface area (Å²) in [4.78, 5) is 2.46. The van der Waals surface area contributed by atoms with Gasteiger partial charge in [0.2, 0.25) is 0 Å². The number of rotatable bonds is 5. The number of hydrogen-bond donors (Lipinski definition) is 2. The van der Waals surface area contributed by atoms with Gasteiger partial charge >= 0.3 is 0 Å². The fourth-order valence-electron chi connectivity index (χ4n) is 3.96. The van der Waals surface area contributed by atoms with Crippen molar-refractivity contribution in [1.82, 2.24) is 14.7 Å². The van der Waals surface area contributed by atoms with Crippen LogP contribution < -0.4 is 0 Å². The Kier molecular flexibility index (Phi) is 3.86. The summed E-state index contributed by atoms with van der Waals surface area (Å²) in [7, 11) is 0. The minimum absolute atomic E-state index is 0.269. The van der Waals surface area contributed by atoms with Crippen molar-refractivity contribution in [3.05, 3.63) is 18.5 Å². The Morgan fingerprint density at radius 1 is 1.05 bits per heavy atom. The lowest BCUT2D eigenvalue weighted by atomic mass is 9.91. The first-order valence-corrected chi connectivity index (χ1v) is 7.23. The minimum Gasteiger partial charge on any atom is -0.396 e. The Morgan fingerprint density at radius 2 is 1.74 bits per heavy atom. The number of likely N-dealkylation sites (tertiary alicyclic amines) is 1. The van der Waals surface area contributed by atoms with Gasteiger partial charge in [-0.1, -0.05) is 0 Å². The molecule has 0 radical (unpaired) electrons. The van der Waals surface area contributed by atoms with E-state index in [4.69, 9.17) is 0 Å². The number of aliphatic hydroxyl groups is 2. The Labute approximate surface area is 113 Å². The van der Waals surface area contributed by atoms with E-state index < -0.39 is 0 Å². The van der Waals surface area contributed by atoms with Crippen molar-refractivity contribution >= 4 is 0 Å². The van der Waals surface area contributed by atoms with Gasteiger partial charge < -0.3 is 15.1 Å². The lowest BCUT2D eigenvalue weighted by Crippen LogP contribution is -2.28. The van der Waals surface area contributed by atoms with Crippen LogP contribution in [0, 0.1) is 23.7 Å². The maximum atomic E-state index is 9.48. The largest absolute Gasteiger partial charge is 0.396 e. The van der Waals surface area contributed by atoms with Crippen molar-refractivity contribution in [3.8, 4) is 0 Å². The maximum absolute atomic E-state index is 9.48. The average Bonchev–Trinajstić information content (AvgIpc) is 3.12. The molecule has 2 aliphatic rings. The summed E-state index contributed by atoms with van der Waals surface area (Å²) in [6.45, 7) is 4.58. The summed E-state index contributed by atoms with van der Waals surface area (Å²) >= 11 is 0. The molecular weight excluding hydrogens is 242 g/mol. The van der Waals surface area contributed by atoms with Crippen LogP contribution in [0.2, 0.25) is 0 Å². The second-order valence-electron chi connectivity index (χ2n) is 5.98. The third-order valence-electron chi connectivity index (χ3n) is 4.98. The Morgan fingerprint density at radius 3 is 2.26 bits per heavy atom. The number of aliphatic hydroxyl groups excluding tert-OH is 2. The second-order valence-corrected chi connectivity index (χ2v) is 5.98. The SMILES string of the molecule is OC[C@@H]1C[C@H](CO)[C@@H]2CN(CCn3cccn3)C[C@H]12. The summed E-state index contributed by atoms with van der Waals surface area (Å²) in [6, 6.07) is 1.95. The molecule has 0 spiro atoms. The number of aromatic nitrogens is 2. The van der Waals surface area contributed by atoms with Gasteiger partial charge in [-0.15, -0.1) is 0 Å². The quantitative estimate of drug-likeness (QED) is 0.790. The molecule has 0 amide bonds. The van der Waals surface area contributed by atoms with Crippen LogP contribution in [0.5, 0.6) is 0 Å². The summed E-state index contributed by atoms with van der Waals surface area (Å²) < 4.78 is 1.96. The summed E-state index contributed by atoms with van der Waals surface area (Å²) in [6.07, 6.45) is 4.79. The highest BCUT2D eigenvalue weighted by molar-refractivity contribution is 4.97. The predicted molar refractivity (Wildman–Crippen MR) is 71.4 cm³/mol. The van der Waals surface area contributed by atoms with E-state index >= 15 is 0 Å². The van der Waals surface area contributed by atoms with E-state index in [9.17, 15) is 10.2 Å². The molecule has 3 rings (SSSR count). The Hall–Kier alpha value is -0.910. The molecule has 1 aliphatic carbocycles. The van der Waals surface area contributed by atoms with Gasteiger partial charge in [0.15, 0.2) is 0 Å². The van der Waals surface area contributed by atoms with E-state index in [1.807, 2.05) is 23.1 Å². The van der Waals surface area contributed by atoms with E-state index in [2.05, 4.69) is 10.00 Å². The summed E-state index contributed by atoms with van der Waals surface area (Å²) in [5, 5.41) is 23.2. The second kappa shape index (κ2) is 5.61. The first kappa shape index (κ1) is 13.1. The molecule has 106 valence electrons. The molecule has 0 aromatic carbocycles. The van der Waals surface area contributed by atoms with Crippen molar-refractivity contribution in [2.45, 2.75) is 13.0 Å². The van der Waals surface area contributed by atoms with Crippen molar-refractivity contribution in [1.29, 1.82) is 0 Å². The molecule has 1 saturated carbocycles. The van der Waals surface area contributed by atoms with Crippen molar-refractivity contribution in [2.75, 3.05) is 32.8 Å². The van der Waals surface area contributed by atoms with Crippen molar-refractivity contribution < 1.29 is 10.2 Å².